The van der Waals surface area contributed by atoms with Gasteiger partial charge in [-0.25, -0.2) is 4.98 Å². The second kappa shape index (κ2) is 10.4. The average Bonchev–Trinajstić information content (AvgIpc) is 3.30. The predicted molar refractivity (Wildman–Crippen MR) is 146 cm³/mol. The van der Waals surface area contributed by atoms with Crippen LogP contribution in [0.1, 0.15) is 16.7 Å². The molecule has 4 aromatic carbocycles. The Bertz CT molecular complexity index is 1460. The van der Waals surface area contributed by atoms with Crippen LogP contribution in [-0.2, 0) is 13.2 Å². The molecule has 0 unspecified atom stereocenters. The van der Waals surface area contributed by atoms with Gasteiger partial charge in [0.05, 0.1) is 17.3 Å². The van der Waals surface area contributed by atoms with Crippen molar-refractivity contribution in [3.63, 3.8) is 0 Å². The molecule has 6 heteroatoms. The summed E-state index contributed by atoms with van der Waals surface area (Å²) in [5.74, 6) is 1.43. The van der Waals surface area contributed by atoms with E-state index in [2.05, 4.69) is 54.7 Å². The lowest BCUT2D eigenvalue weighted by molar-refractivity contribution is 0.281. The molecule has 1 heterocycles. The summed E-state index contributed by atoms with van der Waals surface area (Å²) in [6, 6.07) is 28.3. The average molecular weight is 501 g/mol. The predicted octanol–water partition coefficient (Wildman–Crippen LogP) is 8.12. The van der Waals surface area contributed by atoms with E-state index in [1.807, 2.05) is 42.5 Å². The minimum Gasteiger partial charge on any atom is -0.493 e. The van der Waals surface area contributed by atoms with Gasteiger partial charge in [0.15, 0.2) is 11.5 Å². The Morgan fingerprint density at radius 1 is 0.943 bits per heavy atom. The number of fused-ring (bicyclic) bond motifs is 1. The Morgan fingerprint density at radius 2 is 1.77 bits per heavy atom. The van der Waals surface area contributed by atoms with Crippen molar-refractivity contribution in [2.24, 2.45) is 0 Å². The number of nitrogens with one attached hydrogen (secondary N) is 1. The number of halogens is 1. The molecule has 0 radical (unpaired) electrons. The second-order valence-corrected chi connectivity index (χ2v) is 9.76. The number of hydrogen-bond acceptors (Lipinski definition) is 5. The molecule has 0 atom stereocenters. The molecule has 1 aromatic heterocycles. The van der Waals surface area contributed by atoms with Crippen molar-refractivity contribution in [1.82, 2.24) is 4.98 Å². The smallest absolute Gasteiger partial charge is 0.166 e. The number of anilines is 1. The van der Waals surface area contributed by atoms with E-state index in [0.29, 0.717) is 23.9 Å². The van der Waals surface area contributed by atoms with Gasteiger partial charge in [-0.15, -0.1) is 11.3 Å². The van der Waals surface area contributed by atoms with Gasteiger partial charge < -0.3 is 14.8 Å². The maximum Gasteiger partial charge on any atom is 0.166 e. The van der Waals surface area contributed by atoms with E-state index in [0.717, 1.165) is 38.7 Å². The number of methoxy groups -OCH3 is 1. The molecule has 0 aliphatic rings. The Morgan fingerprint density at radius 3 is 2.57 bits per heavy atom. The maximum atomic E-state index is 6.17. The zero-order valence-corrected chi connectivity index (χ0v) is 21.1. The first kappa shape index (κ1) is 23.2. The van der Waals surface area contributed by atoms with Crippen LogP contribution in [0.15, 0.2) is 84.9 Å². The number of hydrogen-bond donors (Lipinski definition) is 1. The molecule has 0 saturated carbocycles. The highest BCUT2D eigenvalue weighted by Gasteiger charge is 2.12. The first-order valence-corrected chi connectivity index (χ1v) is 12.5. The Labute approximate surface area is 214 Å². The van der Waals surface area contributed by atoms with Crippen molar-refractivity contribution in [2.75, 3.05) is 12.4 Å². The van der Waals surface area contributed by atoms with Crippen LogP contribution in [-0.4, -0.2) is 12.1 Å². The minimum atomic E-state index is 0.407. The number of benzene rings is 4. The first-order chi connectivity index (χ1) is 17.1. The van der Waals surface area contributed by atoms with Crippen LogP contribution in [0.3, 0.4) is 0 Å². The van der Waals surface area contributed by atoms with Crippen molar-refractivity contribution >= 4 is 38.8 Å². The van der Waals surface area contributed by atoms with Gasteiger partial charge in [0.2, 0.25) is 0 Å². The molecule has 0 fully saturated rings. The highest BCUT2D eigenvalue weighted by Crippen LogP contribution is 2.34. The van der Waals surface area contributed by atoms with Crippen molar-refractivity contribution in [3.05, 3.63) is 107 Å². The third-order valence-corrected chi connectivity index (χ3v) is 7.01. The molecule has 5 rings (SSSR count). The molecule has 1 N–H and O–H groups in total. The quantitative estimate of drug-likeness (QED) is 0.233. The molecular weight excluding hydrogens is 476 g/mol. The summed E-state index contributed by atoms with van der Waals surface area (Å²) in [5.41, 5.74) is 6.44. The summed E-state index contributed by atoms with van der Waals surface area (Å²) in [4.78, 5) is 4.79. The number of rotatable bonds is 8. The van der Waals surface area contributed by atoms with Crippen molar-refractivity contribution in [3.8, 4) is 22.1 Å². The van der Waals surface area contributed by atoms with Gasteiger partial charge in [-0.2, -0.15) is 0 Å². The van der Waals surface area contributed by atoms with Gasteiger partial charge in [-0.3, -0.25) is 0 Å². The molecule has 0 bridgehead atoms. The van der Waals surface area contributed by atoms with Crippen molar-refractivity contribution < 1.29 is 9.47 Å². The summed E-state index contributed by atoms with van der Waals surface area (Å²) in [5, 5.41) is 5.22. The lowest BCUT2D eigenvalue weighted by atomic mass is 10.1. The molecule has 35 heavy (non-hydrogen) atoms. The van der Waals surface area contributed by atoms with Gasteiger partial charge in [-0.05, 0) is 72.6 Å². The monoisotopic (exact) mass is 500 g/mol. The Balaban J connectivity index is 1.29. The molecule has 0 saturated heterocycles. The van der Waals surface area contributed by atoms with E-state index < -0.39 is 0 Å². The number of aryl methyl sites for hydroxylation is 1. The van der Waals surface area contributed by atoms with E-state index in [9.17, 15) is 0 Å². The fourth-order valence-corrected chi connectivity index (χ4v) is 5.17. The second-order valence-electron chi connectivity index (χ2n) is 8.29. The van der Waals surface area contributed by atoms with E-state index in [1.54, 1.807) is 18.4 Å². The fraction of sp³-hybridized carbons (Fsp3) is 0.138. The molecule has 4 nitrogen and oxygen atoms in total. The van der Waals surface area contributed by atoms with Gasteiger partial charge in [0.1, 0.15) is 11.6 Å². The van der Waals surface area contributed by atoms with Crippen LogP contribution in [0.5, 0.6) is 11.5 Å². The van der Waals surface area contributed by atoms with Crippen molar-refractivity contribution in [2.45, 2.75) is 20.1 Å². The van der Waals surface area contributed by atoms with Crippen LogP contribution in [0.4, 0.5) is 5.69 Å². The Hall–Kier alpha value is -3.54. The summed E-state index contributed by atoms with van der Waals surface area (Å²) >= 11 is 7.84. The molecule has 0 amide bonds. The van der Waals surface area contributed by atoms with Crippen LogP contribution in [0, 0.1) is 6.92 Å². The summed E-state index contributed by atoms with van der Waals surface area (Å²) < 4.78 is 12.9. The van der Waals surface area contributed by atoms with E-state index in [4.69, 9.17) is 26.1 Å². The van der Waals surface area contributed by atoms with E-state index in [-0.39, 0.29) is 0 Å². The fourth-order valence-electron chi connectivity index (χ4n) is 3.89. The lowest BCUT2D eigenvalue weighted by Gasteiger charge is -2.16. The zero-order chi connectivity index (χ0) is 24.2. The van der Waals surface area contributed by atoms with Gasteiger partial charge in [0, 0.05) is 28.4 Å². The van der Waals surface area contributed by atoms with Gasteiger partial charge >= 0.3 is 0 Å². The first-order valence-electron chi connectivity index (χ1n) is 11.3. The lowest BCUT2D eigenvalue weighted by Crippen LogP contribution is -2.05. The normalized spacial score (nSPS) is 10.9. The molecule has 0 aliphatic heterocycles. The Kier molecular flexibility index (Phi) is 6.89. The van der Waals surface area contributed by atoms with Crippen LogP contribution >= 0.6 is 22.9 Å². The van der Waals surface area contributed by atoms with Crippen LogP contribution in [0.2, 0.25) is 5.02 Å². The number of nitrogens with zero attached hydrogens (tertiary/aromatic N) is 1. The molecule has 0 aliphatic carbocycles. The van der Waals surface area contributed by atoms with Crippen LogP contribution in [0.25, 0.3) is 20.8 Å². The number of ether oxygens (including phenoxy) is 2. The largest absolute Gasteiger partial charge is 0.493 e. The zero-order valence-electron chi connectivity index (χ0n) is 19.5. The third kappa shape index (κ3) is 5.42. The summed E-state index contributed by atoms with van der Waals surface area (Å²) in [6.45, 7) is 3.11. The van der Waals surface area contributed by atoms with Crippen molar-refractivity contribution in [1.29, 1.82) is 0 Å². The minimum absolute atomic E-state index is 0.407. The summed E-state index contributed by atoms with van der Waals surface area (Å²) in [7, 11) is 1.65. The topological polar surface area (TPSA) is 43.4 Å². The molecule has 5 aromatic rings. The third-order valence-electron chi connectivity index (χ3n) is 5.71. The summed E-state index contributed by atoms with van der Waals surface area (Å²) in [6.07, 6.45) is 0. The number of thiazole rings is 1. The number of aromatic nitrogens is 1. The highest BCUT2D eigenvalue weighted by atomic mass is 35.5. The van der Waals surface area contributed by atoms with Gasteiger partial charge in [0.25, 0.3) is 0 Å². The van der Waals surface area contributed by atoms with E-state index in [1.165, 1.54) is 10.3 Å². The maximum absolute atomic E-state index is 6.17. The standard InChI is InChI=1S/C29H25ClN2O2S/c1-19-9-14-25-27(15-19)35-29(32-25)21-10-12-24(13-11-21)31-17-22-6-4-8-26(33-2)28(22)34-18-20-5-3-7-23(30)16-20/h3-16,31H,17-18H2,1-2H3. The van der Waals surface area contributed by atoms with E-state index >= 15 is 0 Å². The number of para-hydroxylation sites is 1. The molecule has 0 spiro atoms. The highest BCUT2D eigenvalue weighted by molar-refractivity contribution is 7.21. The SMILES string of the molecule is COc1cccc(CNc2ccc(-c3nc4ccc(C)cc4s3)cc2)c1OCc1cccc(Cl)c1. The van der Waals surface area contributed by atoms with Crippen LogP contribution < -0.4 is 14.8 Å². The van der Waals surface area contributed by atoms with Gasteiger partial charge in [-0.1, -0.05) is 41.9 Å². The molecular formula is C29H25ClN2O2S. The molecule has 176 valence electrons.